The summed E-state index contributed by atoms with van der Waals surface area (Å²) in [5.74, 6) is 0. The second kappa shape index (κ2) is 17.1. The molecule has 44 heavy (non-hydrogen) atoms. The van der Waals surface area contributed by atoms with Crippen LogP contribution in [0.1, 0.15) is 0 Å². The average molecular weight is 762 g/mol. The summed E-state index contributed by atoms with van der Waals surface area (Å²) in [6.07, 6.45) is 0. The van der Waals surface area contributed by atoms with Crippen LogP contribution in [0.4, 0.5) is 4.79 Å². The van der Waals surface area contributed by atoms with E-state index < -0.39 is 14.5 Å². The van der Waals surface area contributed by atoms with Gasteiger partial charge in [-0.2, -0.15) is 0 Å². The van der Waals surface area contributed by atoms with Crippen LogP contribution in [0, 0.1) is 0 Å². The fourth-order valence-electron chi connectivity index (χ4n) is 5.69. The Morgan fingerprint density at radius 1 is 0.295 bits per heavy atom. The normalized spacial score (nSPS) is 10.5. The summed E-state index contributed by atoms with van der Waals surface area (Å²) >= 11 is 0. The standard InChI is InChI=1S/C37H30OP2.3ClH.Rh/c38-37(39(31-19-7-1-8-20-31,32-21-9-2-10-22-32)33-23-11-3-12-24-33)40(34-25-13-4-14-26-34,35-27-15-5-16-28-35)36-29-17-6-18-30-36;;;;/h1-30H;3*1H;/q+2;;;;+3/p-3. The maximum atomic E-state index is 16.4. The van der Waals surface area contributed by atoms with E-state index in [1.165, 1.54) is 0 Å². The second-order valence-electron chi connectivity index (χ2n) is 9.64. The minimum Gasteiger partial charge on any atom is -1.00 e. The van der Waals surface area contributed by atoms with Crippen molar-refractivity contribution in [3.8, 4) is 0 Å². The van der Waals surface area contributed by atoms with Crippen molar-refractivity contribution >= 4 is 51.6 Å². The predicted molar refractivity (Wildman–Crippen MR) is 176 cm³/mol. The number of carbonyl (C=O) groups is 1. The molecule has 0 saturated heterocycles. The molecule has 0 unspecified atom stereocenters. The summed E-state index contributed by atoms with van der Waals surface area (Å²) in [5.41, 5.74) is 0. The van der Waals surface area contributed by atoms with Crippen LogP contribution in [0.2, 0.25) is 0 Å². The Hall–Kier alpha value is -2.66. The molecule has 0 aromatic heterocycles. The van der Waals surface area contributed by atoms with Crippen LogP contribution in [0.3, 0.4) is 0 Å². The average Bonchev–Trinajstić information content (AvgIpc) is 3.05. The molecule has 0 bridgehead atoms. The first-order valence-corrected chi connectivity index (χ1v) is 17.0. The van der Waals surface area contributed by atoms with Gasteiger partial charge in [-0.3, -0.25) is 0 Å². The third-order valence-electron chi connectivity index (χ3n) is 7.43. The van der Waals surface area contributed by atoms with Crippen LogP contribution in [0.25, 0.3) is 0 Å². The molecule has 0 saturated carbocycles. The minimum absolute atomic E-state index is 0. The van der Waals surface area contributed by atoms with Crippen molar-refractivity contribution in [1.29, 1.82) is 0 Å². The molecule has 222 valence electrons. The Bertz CT molecular complexity index is 1370. The molecule has 6 aromatic rings. The molecule has 0 amide bonds. The van der Waals surface area contributed by atoms with E-state index in [9.17, 15) is 0 Å². The van der Waals surface area contributed by atoms with E-state index >= 15 is 4.79 Å². The summed E-state index contributed by atoms with van der Waals surface area (Å²) in [4.78, 5) is 16.4. The number of hydrogen-bond acceptors (Lipinski definition) is 1. The van der Waals surface area contributed by atoms with Gasteiger partial charge in [0.05, 0.1) is 0 Å². The first kappa shape index (κ1) is 37.5. The molecule has 6 aromatic carbocycles. The van der Waals surface area contributed by atoms with E-state index in [0.717, 1.165) is 31.8 Å². The van der Waals surface area contributed by atoms with Gasteiger partial charge in [0.15, 0.2) is 0 Å². The number of hydrogen-bond donors (Lipinski definition) is 0. The van der Waals surface area contributed by atoms with Gasteiger partial charge in [0.25, 0.3) is 0 Å². The molecule has 0 atom stereocenters. The van der Waals surface area contributed by atoms with Crippen molar-refractivity contribution < 1.29 is 61.5 Å². The van der Waals surface area contributed by atoms with Crippen molar-refractivity contribution in [1.82, 2.24) is 0 Å². The molecule has 0 radical (unpaired) electrons. The molecule has 0 spiro atoms. The first-order valence-electron chi connectivity index (χ1n) is 13.5. The topological polar surface area (TPSA) is 17.1 Å². The van der Waals surface area contributed by atoms with Gasteiger partial charge in [-0.15, -0.1) is 0 Å². The molecule has 1 nitrogen and oxygen atoms in total. The maximum absolute atomic E-state index is 16.4. The molecule has 7 heteroatoms. The summed E-state index contributed by atoms with van der Waals surface area (Å²) in [6.45, 7) is 0. The molecule has 0 aliphatic carbocycles. The first-order chi connectivity index (χ1) is 19.8. The Balaban J connectivity index is 0.00000169. The quantitative estimate of drug-likeness (QED) is 0.131. The van der Waals surface area contributed by atoms with Gasteiger partial charge in [0.1, 0.15) is 31.8 Å². The number of halogens is 3. The van der Waals surface area contributed by atoms with Crippen LogP contribution in [0.5, 0.6) is 0 Å². The zero-order valence-electron chi connectivity index (χ0n) is 23.6. The molecule has 0 heterocycles. The molecular formula is C37H30Cl3OP2Rh+2. The summed E-state index contributed by atoms with van der Waals surface area (Å²) in [7, 11) is -5.70. The van der Waals surface area contributed by atoms with E-state index in [1.807, 2.05) is 36.4 Å². The van der Waals surface area contributed by atoms with Crippen LogP contribution in [0.15, 0.2) is 182 Å². The van der Waals surface area contributed by atoms with E-state index in [0.29, 0.717) is 5.27 Å². The molecule has 0 N–H and O–H groups in total. The summed E-state index contributed by atoms with van der Waals surface area (Å²) in [6, 6.07) is 62.9. The summed E-state index contributed by atoms with van der Waals surface area (Å²) < 4.78 is 0. The Morgan fingerprint density at radius 3 is 0.568 bits per heavy atom. The van der Waals surface area contributed by atoms with Gasteiger partial charge in [-0.25, -0.2) is 4.79 Å². The zero-order valence-corrected chi connectivity index (χ0v) is 29.3. The van der Waals surface area contributed by atoms with E-state index in [-0.39, 0.29) is 56.7 Å². The molecule has 0 aliphatic rings. The van der Waals surface area contributed by atoms with Crippen LogP contribution in [-0.4, -0.2) is 5.27 Å². The van der Waals surface area contributed by atoms with Gasteiger partial charge < -0.3 is 37.2 Å². The molecular weight excluding hydrogens is 732 g/mol. The van der Waals surface area contributed by atoms with Crippen LogP contribution < -0.4 is 69.0 Å². The maximum Gasteiger partial charge on any atom is 3.00 e. The van der Waals surface area contributed by atoms with Crippen molar-refractivity contribution in [2.45, 2.75) is 0 Å². The molecule has 0 fully saturated rings. The van der Waals surface area contributed by atoms with Crippen LogP contribution in [-0.2, 0) is 19.5 Å². The summed E-state index contributed by atoms with van der Waals surface area (Å²) in [5, 5.41) is 6.74. The van der Waals surface area contributed by atoms with Crippen molar-refractivity contribution in [2.75, 3.05) is 0 Å². The third-order valence-corrected chi connectivity index (χ3v) is 16.8. The van der Waals surface area contributed by atoms with Gasteiger partial charge in [0, 0.05) is 0 Å². The fraction of sp³-hybridized carbons (Fsp3) is 0. The van der Waals surface area contributed by atoms with Crippen molar-refractivity contribution in [2.24, 2.45) is 0 Å². The Labute approximate surface area is 293 Å². The van der Waals surface area contributed by atoms with Gasteiger partial charge in [-0.1, -0.05) is 109 Å². The van der Waals surface area contributed by atoms with Gasteiger partial charge >= 0.3 is 24.7 Å². The third kappa shape index (κ3) is 6.64. The second-order valence-corrected chi connectivity index (χ2v) is 16.6. The fourth-order valence-corrected chi connectivity index (χ4v) is 16.4. The Kier molecular flexibility index (Phi) is 14.6. The minimum atomic E-state index is -2.85. The molecule has 0 aliphatic heterocycles. The van der Waals surface area contributed by atoms with E-state index in [1.54, 1.807) is 0 Å². The predicted octanol–water partition coefficient (Wildman–Crippen LogP) is -1.90. The SMILES string of the molecule is O=C([P+](c1ccccc1)(c1ccccc1)c1ccccc1)[P+](c1ccccc1)(c1ccccc1)c1ccccc1.[Cl-].[Cl-].[Cl-].[Rh+3]. The Morgan fingerprint density at radius 2 is 0.432 bits per heavy atom. The smallest absolute Gasteiger partial charge is 1.00 e. The number of carbonyl (C=O) groups excluding carboxylic acids is 1. The zero-order chi connectivity index (χ0) is 27.3. The van der Waals surface area contributed by atoms with Crippen LogP contribution >= 0.6 is 14.5 Å². The van der Waals surface area contributed by atoms with Gasteiger partial charge in [-0.05, 0) is 72.8 Å². The largest absolute Gasteiger partial charge is 3.00 e. The van der Waals surface area contributed by atoms with Crippen molar-refractivity contribution in [3.05, 3.63) is 182 Å². The monoisotopic (exact) mass is 760 g/mol. The molecule has 6 rings (SSSR count). The van der Waals surface area contributed by atoms with E-state index in [4.69, 9.17) is 0 Å². The number of benzene rings is 6. The van der Waals surface area contributed by atoms with Gasteiger partial charge in [0.2, 0.25) is 14.5 Å². The van der Waals surface area contributed by atoms with E-state index in [2.05, 4.69) is 146 Å². The number of rotatable bonds is 8. The van der Waals surface area contributed by atoms with Crippen molar-refractivity contribution in [3.63, 3.8) is 0 Å².